The number of nitrogens with one attached hydrogen (secondary N) is 1. The Morgan fingerprint density at radius 3 is 0.872 bits per heavy atom. The highest BCUT2D eigenvalue weighted by atomic mass is 16.5. The van der Waals surface area contributed by atoms with Crippen molar-refractivity contribution in [2.45, 2.75) is 424 Å². The third kappa shape index (κ3) is 63.8. The van der Waals surface area contributed by atoms with E-state index >= 15 is 0 Å². The minimum Gasteiger partial charge on any atom is -0.466 e. The van der Waals surface area contributed by atoms with Crippen molar-refractivity contribution in [1.29, 1.82) is 0 Å². The lowest BCUT2D eigenvalue weighted by Crippen LogP contribution is -2.45. The number of carbonyl (C=O) groups is 2. The van der Waals surface area contributed by atoms with Gasteiger partial charge in [0.1, 0.15) is 0 Å². The molecule has 1 amide bonds. The summed E-state index contributed by atoms with van der Waals surface area (Å²) in [6, 6.07) is -0.628. The van der Waals surface area contributed by atoms with E-state index in [9.17, 15) is 19.8 Å². The Bertz CT molecular complexity index is 1180. The number of hydrogen-bond acceptors (Lipinski definition) is 5. The molecular weight excluding hydrogens is 959 g/mol. The number of ether oxygens (including phenoxy) is 1. The van der Waals surface area contributed by atoms with E-state index in [0.717, 1.165) is 38.5 Å². The summed E-state index contributed by atoms with van der Waals surface area (Å²) >= 11 is 0. The molecule has 3 N–H and O–H groups in total. The maximum absolute atomic E-state index is 12.5. The summed E-state index contributed by atoms with van der Waals surface area (Å²) in [7, 11) is 0. The van der Waals surface area contributed by atoms with Gasteiger partial charge in [0.15, 0.2) is 0 Å². The molecule has 0 bridgehead atoms. The number of rotatable bonds is 68. The molecule has 0 heterocycles. The lowest BCUT2D eigenvalue weighted by Gasteiger charge is -2.20. The highest BCUT2D eigenvalue weighted by Crippen LogP contribution is 2.19. The monoisotopic (exact) mass is 1100 g/mol. The van der Waals surface area contributed by atoms with Crippen LogP contribution in [0.3, 0.4) is 0 Å². The lowest BCUT2D eigenvalue weighted by molar-refractivity contribution is -0.143. The van der Waals surface area contributed by atoms with Crippen LogP contribution in [0.15, 0.2) is 12.2 Å². The van der Waals surface area contributed by atoms with Crippen molar-refractivity contribution in [3.05, 3.63) is 12.2 Å². The molecule has 78 heavy (non-hydrogen) atoms. The summed E-state index contributed by atoms with van der Waals surface area (Å²) in [5.41, 5.74) is 0. The average Bonchev–Trinajstić information content (AvgIpc) is 3.44. The molecule has 2 atom stereocenters. The molecule has 464 valence electrons. The number of amides is 1. The summed E-state index contributed by atoms with van der Waals surface area (Å²) in [4.78, 5) is 24.6. The van der Waals surface area contributed by atoms with E-state index in [2.05, 4.69) is 19.2 Å². The van der Waals surface area contributed by atoms with Crippen molar-refractivity contribution >= 4 is 11.9 Å². The summed E-state index contributed by atoms with van der Waals surface area (Å²) in [6.45, 7) is 4.95. The van der Waals surface area contributed by atoms with E-state index in [1.807, 2.05) is 6.08 Å². The molecule has 6 heteroatoms. The van der Waals surface area contributed by atoms with Gasteiger partial charge in [-0.15, -0.1) is 0 Å². The van der Waals surface area contributed by atoms with Crippen LogP contribution >= 0.6 is 0 Å². The molecule has 0 saturated carbocycles. The Kier molecular flexibility index (Phi) is 66.9. The summed E-state index contributed by atoms with van der Waals surface area (Å²) in [5, 5.41) is 23.3. The van der Waals surface area contributed by atoms with E-state index in [1.54, 1.807) is 6.08 Å². The first kappa shape index (κ1) is 76.6. The molecule has 0 rings (SSSR count). The van der Waals surface area contributed by atoms with Gasteiger partial charge in [-0.05, 0) is 32.1 Å². The topological polar surface area (TPSA) is 95.9 Å². The Labute approximate surface area is 489 Å². The quantitative estimate of drug-likeness (QED) is 0.0320. The van der Waals surface area contributed by atoms with Gasteiger partial charge in [-0.25, -0.2) is 0 Å². The maximum Gasteiger partial charge on any atom is 0.305 e. The smallest absolute Gasteiger partial charge is 0.305 e. The number of aliphatic hydroxyl groups excluding tert-OH is 2. The van der Waals surface area contributed by atoms with Crippen LogP contribution in [0, 0.1) is 0 Å². The molecule has 0 radical (unpaired) electrons. The minimum atomic E-state index is -0.844. The van der Waals surface area contributed by atoms with E-state index in [4.69, 9.17) is 4.74 Å². The Balaban J connectivity index is 3.39. The van der Waals surface area contributed by atoms with E-state index in [0.29, 0.717) is 19.4 Å². The van der Waals surface area contributed by atoms with Gasteiger partial charge in [0.25, 0.3) is 0 Å². The normalized spacial score (nSPS) is 12.5. The molecular formula is C72H141NO5. The molecule has 6 nitrogen and oxygen atoms in total. The van der Waals surface area contributed by atoms with Crippen molar-refractivity contribution in [3.63, 3.8) is 0 Å². The molecule has 0 aromatic heterocycles. The fourth-order valence-electron chi connectivity index (χ4n) is 11.6. The van der Waals surface area contributed by atoms with Crippen molar-refractivity contribution in [1.82, 2.24) is 5.32 Å². The number of hydrogen-bond donors (Lipinski definition) is 3. The molecule has 0 spiro atoms. The maximum atomic E-state index is 12.5. The van der Waals surface area contributed by atoms with Gasteiger partial charge in [0, 0.05) is 12.8 Å². The van der Waals surface area contributed by atoms with Crippen LogP contribution in [0.2, 0.25) is 0 Å². The summed E-state index contributed by atoms with van der Waals surface area (Å²) in [6.07, 6.45) is 84.4. The van der Waals surface area contributed by atoms with Crippen molar-refractivity contribution in [2.75, 3.05) is 13.2 Å². The molecule has 0 saturated heterocycles. The van der Waals surface area contributed by atoms with Crippen LogP contribution in [0.1, 0.15) is 412 Å². The molecule has 0 aliphatic carbocycles. The Hall–Kier alpha value is -1.40. The third-order valence-corrected chi connectivity index (χ3v) is 17.1. The molecule has 2 unspecified atom stereocenters. The second kappa shape index (κ2) is 68.1. The van der Waals surface area contributed by atoms with E-state index < -0.39 is 12.1 Å². The molecule has 0 fully saturated rings. The van der Waals surface area contributed by atoms with E-state index in [1.165, 1.54) is 347 Å². The van der Waals surface area contributed by atoms with Crippen molar-refractivity contribution < 1.29 is 24.5 Å². The second-order valence-corrected chi connectivity index (χ2v) is 24.9. The van der Waals surface area contributed by atoms with Crippen LogP contribution in [0.5, 0.6) is 0 Å². The van der Waals surface area contributed by atoms with Crippen LogP contribution in [0.4, 0.5) is 0 Å². The SMILES string of the molecule is CCCCCCCCCCCCCCCCCCCCCCCC/C=C/C(O)C(CO)NC(=O)CCCCCCCCCCCCCCCCCCCCCCCCCCOC(=O)CCCCCCCCCCCCCCC. The number of aliphatic hydroxyl groups is 2. The van der Waals surface area contributed by atoms with Crippen LogP contribution in [-0.2, 0) is 14.3 Å². The standard InChI is InChI=1S/C72H141NO5/c1-3-5-7-9-11-13-15-17-18-19-20-21-22-25-28-31-34-37-41-44-48-52-56-60-64-70(75)69(68-74)73-71(76)65-61-57-53-49-45-42-38-35-32-29-26-23-24-27-30-33-36-39-43-47-51-55-59-63-67-78-72(77)66-62-58-54-50-46-40-16-14-12-10-8-6-4-2/h60,64,69-70,74-75H,3-59,61-63,65-68H2,1-2H3,(H,73,76)/b64-60+. The van der Waals surface area contributed by atoms with Gasteiger partial charge in [0.05, 0.1) is 25.4 Å². The largest absolute Gasteiger partial charge is 0.466 e. The van der Waals surface area contributed by atoms with Gasteiger partial charge in [-0.3, -0.25) is 9.59 Å². The zero-order valence-corrected chi connectivity index (χ0v) is 53.2. The first-order chi connectivity index (χ1) is 38.5. The first-order valence-electron chi connectivity index (χ1n) is 36.0. The van der Waals surface area contributed by atoms with Gasteiger partial charge in [0.2, 0.25) is 5.91 Å². The zero-order chi connectivity index (χ0) is 56.4. The van der Waals surface area contributed by atoms with Gasteiger partial charge >= 0.3 is 5.97 Å². The molecule has 0 aromatic carbocycles. The third-order valence-electron chi connectivity index (χ3n) is 17.1. The summed E-state index contributed by atoms with van der Waals surface area (Å²) < 4.78 is 5.49. The second-order valence-electron chi connectivity index (χ2n) is 24.9. The highest BCUT2D eigenvalue weighted by Gasteiger charge is 2.18. The number of esters is 1. The van der Waals surface area contributed by atoms with Gasteiger partial charge < -0.3 is 20.3 Å². The minimum absolute atomic E-state index is 0.0177. The fourth-order valence-corrected chi connectivity index (χ4v) is 11.6. The lowest BCUT2D eigenvalue weighted by atomic mass is 10.0. The molecule has 0 aromatic rings. The highest BCUT2D eigenvalue weighted by molar-refractivity contribution is 5.76. The van der Waals surface area contributed by atoms with Crippen LogP contribution < -0.4 is 5.32 Å². The van der Waals surface area contributed by atoms with Crippen LogP contribution in [-0.4, -0.2) is 47.4 Å². The zero-order valence-electron chi connectivity index (χ0n) is 53.2. The molecule has 0 aliphatic rings. The predicted molar refractivity (Wildman–Crippen MR) is 343 cm³/mol. The molecule has 0 aliphatic heterocycles. The number of carbonyl (C=O) groups excluding carboxylic acids is 2. The van der Waals surface area contributed by atoms with Crippen LogP contribution in [0.25, 0.3) is 0 Å². The Morgan fingerprint density at radius 2 is 0.590 bits per heavy atom. The number of allylic oxidation sites excluding steroid dienone is 1. The fraction of sp³-hybridized carbons (Fsp3) is 0.944. The van der Waals surface area contributed by atoms with Gasteiger partial charge in [-0.1, -0.05) is 379 Å². The average molecular weight is 1100 g/mol. The van der Waals surface area contributed by atoms with E-state index in [-0.39, 0.29) is 18.5 Å². The summed E-state index contributed by atoms with van der Waals surface area (Å²) in [5.74, 6) is -0.0439. The van der Waals surface area contributed by atoms with Crippen molar-refractivity contribution in [2.24, 2.45) is 0 Å². The van der Waals surface area contributed by atoms with Gasteiger partial charge in [-0.2, -0.15) is 0 Å². The Morgan fingerprint density at radius 1 is 0.346 bits per heavy atom. The first-order valence-corrected chi connectivity index (χ1v) is 36.0. The predicted octanol–water partition coefficient (Wildman–Crippen LogP) is 23.1. The number of unbranched alkanes of at least 4 members (excludes halogenated alkanes) is 57. The van der Waals surface area contributed by atoms with Crippen molar-refractivity contribution in [3.8, 4) is 0 Å².